The summed E-state index contributed by atoms with van der Waals surface area (Å²) in [7, 11) is -4.88. The summed E-state index contributed by atoms with van der Waals surface area (Å²) in [4.78, 5) is 4.65. The number of aryl methyl sites for hydroxylation is 1. The molecule has 0 spiro atoms. The largest absolute Gasteiger partial charge is 1.00 e. The van der Waals surface area contributed by atoms with Gasteiger partial charge in [-0.25, -0.2) is 4.98 Å². The Kier molecular flexibility index (Phi) is 5.89. The van der Waals surface area contributed by atoms with Gasteiger partial charge in [-0.15, -0.1) is 0 Å². The second-order valence-electron chi connectivity index (χ2n) is 6.40. The fraction of sp³-hybridized carbons (Fsp3) is 0.429. The molecule has 2 heterocycles. The van der Waals surface area contributed by atoms with Crippen LogP contribution < -0.4 is 51.4 Å². The zero-order valence-corrected chi connectivity index (χ0v) is 18.5. The molecule has 124 valence electrons. The van der Waals surface area contributed by atoms with E-state index < -0.39 is 10.4 Å². The smallest absolute Gasteiger partial charge is 0.714 e. The Bertz CT molecular complexity index is 932. The maximum absolute atomic E-state index is 10.6. The molecule has 1 aromatic heterocycles. The van der Waals surface area contributed by atoms with Gasteiger partial charge in [-0.2, -0.15) is 8.42 Å². The number of hydrogen-bond acceptors (Lipinski definition) is 6. The molecule has 1 aromatic carbocycles. The molecule has 0 unspecified atom stereocenters. The third-order valence-corrected chi connectivity index (χ3v) is 4.20. The van der Waals surface area contributed by atoms with Crippen LogP contribution in [0.4, 0.5) is 0 Å². The van der Waals surface area contributed by atoms with Crippen molar-refractivity contribution in [3.63, 3.8) is 0 Å². The van der Waals surface area contributed by atoms with Gasteiger partial charge >= 0.3 is 51.4 Å². The van der Waals surface area contributed by atoms with Gasteiger partial charge in [0.25, 0.3) is 10.4 Å². The number of imidazole rings is 1. The van der Waals surface area contributed by atoms with E-state index in [1.807, 2.05) is 0 Å². The van der Waals surface area contributed by atoms with Crippen LogP contribution in [0.25, 0.3) is 11.0 Å². The Morgan fingerprint density at radius 3 is 2.62 bits per heavy atom. The predicted octanol–water partition coefficient (Wildman–Crippen LogP) is -0.424. The molecule has 7 nitrogen and oxygen atoms in total. The van der Waals surface area contributed by atoms with Crippen molar-refractivity contribution >= 4 is 38.7 Å². The van der Waals surface area contributed by atoms with Crippen molar-refractivity contribution in [2.45, 2.75) is 39.2 Å². The molecule has 0 amide bonds. The number of hydrogen-bond donors (Lipinski definition) is 0. The normalized spacial score (nSPS) is 16.3. The third kappa shape index (κ3) is 3.88. The van der Waals surface area contributed by atoms with E-state index >= 15 is 0 Å². The topological polar surface area (TPSA) is 96.6 Å². The molecular formula is C14H15ClKN3O4S. The second-order valence-corrected chi connectivity index (χ2v) is 7.77. The van der Waals surface area contributed by atoms with Crippen molar-refractivity contribution in [1.29, 1.82) is 0 Å². The molecule has 2 aromatic rings. The minimum absolute atomic E-state index is 0. The van der Waals surface area contributed by atoms with Gasteiger partial charge in [-0.05, 0) is 12.1 Å². The van der Waals surface area contributed by atoms with Crippen molar-refractivity contribution in [2.75, 3.05) is 0 Å². The van der Waals surface area contributed by atoms with Gasteiger partial charge in [0, 0.05) is 23.9 Å². The van der Waals surface area contributed by atoms with Gasteiger partial charge in [0.2, 0.25) is 0 Å². The molecule has 0 saturated heterocycles. The third-order valence-electron chi connectivity index (χ3n) is 3.64. The summed E-state index contributed by atoms with van der Waals surface area (Å²) in [6.07, 6.45) is 0.429. The van der Waals surface area contributed by atoms with E-state index in [0.29, 0.717) is 34.8 Å². The first-order chi connectivity index (χ1) is 10.6. The summed E-state index contributed by atoms with van der Waals surface area (Å²) in [6, 6.07) is 3.41. The molecule has 1 aliphatic heterocycles. The van der Waals surface area contributed by atoms with Crippen LogP contribution in [0.5, 0.6) is 0 Å². The summed E-state index contributed by atoms with van der Waals surface area (Å²) in [6.45, 7) is 6.73. The average Bonchev–Trinajstić information content (AvgIpc) is 2.81. The van der Waals surface area contributed by atoms with Crippen LogP contribution in [0.3, 0.4) is 0 Å². The van der Waals surface area contributed by atoms with Crippen LogP contribution in [0, 0.1) is 0 Å². The number of benzene rings is 1. The Balaban J connectivity index is 0.00000208. The van der Waals surface area contributed by atoms with E-state index in [1.54, 1.807) is 12.1 Å². The first-order valence-corrected chi connectivity index (χ1v) is 8.70. The number of rotatable bonds is 2. The molecule has 0 fully saturated rings. The second kappa shape index (κ2) is 6.96. The quantitative estimate of drug-likeness (QED) is 0.297. The minimum Gasteiger partial charge on any atom is -0.714 e. The van der Waals surface area contributed by atoms with Crippen molar-refractivity contribution in [2.24, 2.45) is 5.16 Å². The monoisotopic (exact) mass is 395 g/mol. The van der Waals surface area contributed by atoms with Crippen LogP contribution in [-0.2, 0) is 26.6 Å². The molecule has 24 heavy (non-hydrogen) atoms. The van der Waals surface area contributed by atoms with Crippen LogP contribution >= 0.6 is 11.6 Å². The molecule has 1 aliphatic rings. The van der Waals surface area contributed by atoms with Crippen molar-refractivity contribution in [1.82, 2.24) is 9.55 Å². The SMILES string of the molecule is CC(C)(C)c1nc2c(Cl)ccc3c2n1CC/C3=N/OS(=O)(=O)[O-].[K+]. The van der Waals surface area contributed by atoms with Gasteiger partial charge in [0.1, 0.15) is 11.3 Å². The molecule has 0 aliphatic carbocycles. The number of nitrogens with zero attached hydrogens (tertiary/aromatic N) is 3. The number of aromatic nitrogens is 2. The molecule has 0 bridgehead atoms. The minimum atomic E-state index is -4.88. The summed E-state index contributed by atoms with van der Waals surface area (Å²) in [5.41, 5.74) is 2.29. The summed E-state index contributed by atoms with van der Waals surface area (Å²) >= 11 is 6.25. The van der Waals surface area contributed by atoms with Crippen molar-refractivity contribution in [3.8, 4) is 0 Å². The van der Waals surface area contributed by atoms with Crippen LogP contribution in [-0.4, -0.2) is 28.2 Å². The number of oxime groups is 1. The molecule has 0 radical (unpaired) electrons. The fourth-order valence-corrected chi connectivity index (χ4v) is 3.14. The zero-order chi connectivity index (χ0) is 17.0. The summed E-state index contributed by atoms with van der Waals surface area (Å²) < 4.78 is 38.0. The van der Waals surface area contributed by atoms with Crippen molar-refractivity contribution in [3.05, 3.63) is 28.5 Å². The maximum Gasteiger partial charge on any atom is 1.00 e. The molecular weight excluding hydrogens is 381 g/mol. The fourth-order valence-electron chi connectivity index (χ4n) is 2.77. The average molecular weight is 396 g/mol. The maximum atomic E-state index is 10.6. The molecule has 0 atom stereocenters. The van der Waals surface area contributed by atoms with Gasteiger partial charge in [0.05, 0.1) is 16.3 Å². The van der Waals surface area contributed by atoms with Crippen molar-refractivity contribution < 1.29 is 68.6 Å². The van der Waals surface area contributed by atoms with E-state index in [9.17, 15) is 13.0 Å². The van der Waals surface area contributed by atoms with Crippen LogP contribution in [0.2, 0.25) is 5.02 Å². The molecule has 10 heteroatoms. The predicted molar refractivity (Wildman–Crippen MR) is 85.4 cm³/mol. The zero-order valence-electron chi connectivity index (χ0n) is 13.8. The molecule has 3 rings (SSSR count). The van der Waals surface area contributed by atoms with Gasteiger partial charge in [-0.1, -0.05) is 37.5 Å². The van der Waals surface area contributed by atoms with E-state index in [2.05, 4.69) is 39.8 Å². The van der Waals surface area contributed by atoms with E-state index in [4.69, 9.17) is 11.6 Å². The van der Waals surface area contributed by atoms with Gasteiger partial charge in [-0.3, -0.25) is 4.28 Å². The number of halogens is 1. The Morgan fingerprint density at radius 1 is 1.38 bits per heavy atom. The Labute approximate surface area is 187 Å². The van der Waals surface area contributed by atoms with Gasteiger partial charge in [0.15, 0.2) is 0 Å². The summed E-state index contributed by atoms with van der Waals surface area (Å²) in [5, 5.41) is 4.02. The Hall–Kier alpha value is -0.00364. The first-order valence-electron chi connectivity index (χ1n) is 6.99. The van der Waals surface area contributed by atoms with Crippen LogP contribution in [0.1, 0.15) is 38.6 Å². The van der Waals surface area contributed by atoms with Crippen LogP contribution in [0.15, 0.2) is 17.3 Å². The summed E-state index contributed by atoms with van der Waals surface area (Å²) in [5.74, 6) is 0.887. The van der Waals surface area contributed by atoms with E-state index in [1.165, 1.54) is 0 Å². The van der Waals surface area contributed by atoms with E-state index in [0.717, 1.165) is 11.3 Å². The standard InChI is InChI=1S/C14H16ClN3O4S.K/c1-14(2,3)13-16-11-9(15)5-4-8-10(17-22-23(19,20)21)6-7-18(13)12(8)11;/h4-5H,6-7H2,1-3H3,(H,19,20,21);/q;+1/p-1/b17-10-;. The Morgan fingerprint density at radius 2 is 2.04 bits per heavy atom. The molecule has 0 N–H and O–H groups in total. The van der Waals surface area contributed by atoms with Gasteiger partial charge < -0.3 is 9.12 Å². The first kappa shape index (κ1) is 20.3. The van der Waals surface area contributed by atoms with E-state index in [-0.39, 0.29) is 56.8 Å². The molecule has 0 saturated carbocycles.